The van der Waals surface area contributed by atoms with Crippen molar-refractivity contribution in [3.63, 3.8) is 0 Å². The molecular formula is C17H25NO7S. The van der Waals surface area contributed by atoms with Crippen LogP contribution in [0.4, 0.5) is 4.79 Å². The van der Waals surface area contributed by atoms with Crippen molar-refractivity contribution in [1.29, 1.82) is 0 Å². The topological polar surface area (TPSA) is 108 Å². The van der Waals surface area contributed by atoms with Crippen molar-refractivity contribution in [1.82, 2.24) is 5.32 Å². The molecule has 1 rings (SSSR count). The van der Waals surface area contributed by atoms with Crippen molar-refractivity contribution in [2.24, 2.45) is 0 Å². The molecule has 26 heavy (non-hydrogen) atoms. The monoisotopic (exact) mass is 387 g/mol. The zero-order valence-corrected chi connectivity index (χ0v) is 16.4. The van der Waals surface area contributed by atoms with Gasteiger partial charge in [-0.15, -0.1) is 0 Å². The number of hydrogen-bond acceptors (Lipinski definition) is 7. The van der Waals surface area contributed by atoms with Crippen LogP contribution in [0.5, 0.6) is 5.75 Å². The Hall–Kier alpha value is -2.29. The third-order valence-electron chi connectivity index (χ3n) is 2.93. The van der Waals surface area contributed by atoms with Gasteiger partial charge in [0.05, 0.1) is 18.8 Å². The molecule has 146 valence electrons. The minimum absolute atomic E-state index is 0.0663. The Morgan fingerprint density at radius 3 is 2.42 bits per heavy atom. The Kier molecular flexibility index (Phi) is 7.43. The largest absolute Gasteiger partial charge is 0.465 e. The lowest BCUT2D eigenvalue weighted by atomic mass is 9.99. The van der Waals surface area contributed by atoms with Crippen molar-refractivity contribution in [2.45, 2.75) is 39.2 Å². The molecule has 0 aliphatic rings. The van der Waals surface area contributed by atoms with Crippen LogP contribution in [-0.2, 0) is 24.4 Å². The number of carbonyl (C=O) groups is 2. The summed E-state index contributed by atoms with van der Waals surface area (Å²) >= 11 is 0. The van der Waals surface area contributed by atoms with Gasteiger partial charge in [0.1, 0.15) is 11.4 Å². The summed E-state index contributed by atoms with van der Waals surface area (Å²) < 4.78 is 37.6. The first-order valence-corrected chi connectivity index (χ1v) is 9.86. The van der Waals surface area contributed by atoms with Gasteiger partial charge >= 0.3 is 22.2 Å². The van der Waals surface area contributed by atoms with Crippen LogP contribution < -0.4 is 9.50 Å². The number of amides is 1. The molecule has 0 aromatic heterocycles. The Labute approximate surface area is 153 Å². The lowest BCUT2D eigenvalue weighted by molar-refractivity contribution is -0.144. The summed E-state index contributed by atoms with van der Waals surface area (Å²) in [6.45, 7) is 6.93. The molecule has 1 N–H and O–H groups in total. The first-order chi connectivity index (χ1) is 11.9. The van der Waals surface area contributed by atoms with Crippen molar-refractivity contribution in [3.05, 3.63) is 29.8 Å². The van der Waals surface area contributed by atoms with E-state index in [2.05, 4.69) is 5.32 Å². The van der Waals surface area contributed by atoms with E-state index in [0.717, 1.165) is 6.26 Å². The molecule has 0 saturated carbocycles. The fourth-order valence-electron chi connectivity index (χ4n) is 2.04. The lowest BCUT2D eigenvalue weighted by Crippen LogP contribution is -2.36. The highest BCUT2D eigenvalue weighted by molar-refractivity contribution is 7.86. The van der Waals surface area contributed by atoms with Gasteiger partial charge in [0.2, 0.25) is 0 Å². The minimum Gasteiger partial charge on any atom is -0.465 e. The number of rotatable bonds is 7. The average Bonchev–Trinajstić information content (AvgIpc) is 2.44. The predicted octanol–water partition coefficient (Wildman–Crippen LogP) is 2.20. The zero-order valence-electron chi connectivity index (χ0n) is 15.6. The molecular weight excluding hydrogens is 362 g/mol. The summed E-state index contributed by atoms with van der Waals surface area (Å²) in [5.74, 6) is -1.33. The highest BCUT2D eigenvalue weighted by atomic mass is 32.2. The maximum atomic E-state index is 12.3. The highest BCUT2D eigenvalue weighted by Crippen LogP contribution is 2.23. The Balaban J connectivity index is 2.98. The number of carbonyl (C=O) groups excluding carboxylic acids is 2. The van der Waals surface area contributed by atoms with Gasteiger partial charge in [-0.05, 0) is 45.4 Å². The van der Waals surface area contributed by atoms with E-state index in [0.29, 0.717) is 5.56 Å². The standard InChI is InChI=1S/C17H25NO7S/c1-6-23-15(19)14(11-18-16(20)24-17(2,3)4)12-8-7-9-13(10-12)25-26(5,21)22/h7-10,14H,6,11H2,1-5H3,(H,18,20). The highest BCUT2D eigenvalue weighted by Gasteiger charge is 2.25. The Morgan fingerprint density at radius 1 is 1.23 bits per heavy atom. The van der Waals surface area contributed by atoms with Gasteiger partial charge in [0.25, 0.3) is 0 Å². The lowest BCUT2D eigenvalue weighted by Gasteiger charge is -2.21. The van der Waals surface area contributed by atoms with Gasteiger partial charge < -0.3 is 19.0 Å². The number of nitrogens with one attached hydrogen (secondary N) is 1. The first kappa shape index (κ1) is 21.8. The van der Waals surface area contributed by atoms with Crippen LogP contribution in [0.2, 0.25) is 0 Å². The van der Waals surface area contributed by atoms with Gasteiger partial charge in [-0.25, -0.2) is 4.79 Å². The van der Waals surface area contributed by atoms with E-state index >= 15 is 0 Å². The average molecular weight is 387 g/mol. The molecule has 8 nitrogen and oxygen atoms in total. The van der Waals surface area contributed by atoms with E-state index < -0.39 is 33.7 Å². The molecule has 0 spiro atoms. The van der Waals surface area contributed by atoms with Crippen molar-refractivity contribution < 1.29 is 31.7 Å². The fraction of sp³-hybridized carbons (Fsp3) is 0.529. The molecule has 1 aromatic carbocycles. The third-order valence-corrected chi connectivity index (χ3v) is 3.42. The maximum Gasteiger partial charge on any atom is 0.407 e. The number of ether oxygens (including phenoxy) is 2. The van der Waals surface area contributed by atoms with Crippen molar-refractivity contribution in [3.8, 4) is 5.75 Å². The SMILES string of the molecule is CCOC(=O)C(CNC(=O)OC(C)(C)C)c1cccc(OS(C)(=O)=O)c1. The van der Waals surface area contributed by atoms with Crippen molar-refractivity contribution >= 4 is 22.2 Å². The molecule has 0 radical (unpaired) electrons. The molecule has 0 aliphatic carbocycles. The smallest absolute Gasteiger partial charge is 0.407 e. The Morgan fingerprint density at radius 2 is 1.88 bits per heavy atom. The second-order valence-electron chi connectivity index (χ2n) is 6.55. The third kappa shape index (κ3) is 8.19. The molecule has 1 aromatic rings. The fourth-order valence-corrected chi connectivity index (χ4v) is 2.49. The second-order valence-corrected chi connectivity index (χ2v) is 8.12. The number of hydrogen-bond donors (Lipinski definition) is 1. The molecule has 1 amide bonds. The number of alkyl carbamates (subject to hydrolysis) is 1. The summed E-state index contributed by atoms with van der Waals surface area (Å²) in [5.41, 5.74) is -0.229. The van der Waals surface area contributed by atoms with Crippen LogP contribution in [0.3, 0.4) is 0 Å². The molecule has 9 heteroatoms. The molecule has 0 aliphatic heterocycles. The molecule has 1 unspecified atom stereocenters. The quantitative estimate of drug-likeness (QED) is 0.564. The van der Waals surface area contributed by atoms with E-state index in [1.54, 1.807) is 39.8 Å². The van der Waals surface area contributed by atoms with Gasteiger partial charge in [-0.1, -0.05) is 12.1 Å². The molecule has 0 heterocycles. The van der Waals surface area contributed by atoms with Crippen LogP contribution in [0, 0.1) is 0 Å². The van der Waals surface area contributed by atoms with E-state index in [1.165, 1.54) is 12.1 Å². The maximum absolute atomic E-state index is 12.3. The van der Waals surface area contributed by atoms with Gasteiger partial charge in [0.15, 0.2) is 0 Å². The van der Waals surface area contributed by atoms with Gasteiger partial charge in [-0.3, -0.25) is 4.79 Å². The van der Waals surface area contributed by atoms with E-state index in [4.69, 9.17) is 13.7 Å². The van der Waals surface area contributed by atoms with Gasteiger partial charge in [0, 0.05) is 6.54 Å². The van der Waals surface area contributed by atoms with Crippen LogP contribution >= 0.6 is 0 Å². The summed E-state index contributed by atoms with van der Waals surface area (Å²) in [6.07, 6.45) is 0.252. The Bertz CT molecular complexity index is 738. The van der Waals surface area contributed by atoms with Crippen LogP contribution in [0.1, 0.15) is 39.2 Å². The predicted molar refractivity (Wildman–Crippen MR) is 95.5 cm³/mol. The van der Waals surface area contributed by atoms with Crippen LogP contribution in [-0.4, -0.2) is 45.5 Å². The normalized spacial score (nSPS) is 12.8. The van der Waals surface area contributed by atoms with Crippen LogP contribution in [0.15, 0.2) is 24.3 Å². The van der Waals surface area contributed by atoms with E-state index in [-0.39, 0.29) is 18.9 Å². The second kappa shape index (κ2) is 8.88. The molecule has 0 bridgehead atoms. The summed E-state index contributed by atoms with van der Waals surface area (Å²) in [7, 11) is -3.70. The first-order valence-electron chi connectivity index (χ1n) is 8.04. The minimum atomic E-state index is -3.70. The molecule has 1 atom stereocenters. The summed E-state index contributed by atoms with van der Waals surface area (Å²) in [6, 6.07) is 6.04. The van der Waals surface area contributed by atoms with Crippen molar-refractivity contribution in [2.75, 3.05) is 19.4 Å². The molecule has 0 fully saturated rings. The van der Waals surface area contributed by atoms with Gasteiger partial charge in [-0.2, -0.15) is 8.42 Å². The number of benzene rings is 1. The van der Waals surface area contributed by atoms with Crippen LogP contribution in [0.25, 0.3) is 0 Å². The zero-order chi connectivity index (χ0) is 20.0. The van der Waals surface area contributed by atoms with E-state index in [1.807, 2.05) is 0 Å². The number of esters is 1. The summed E-state index contributed by atoms with van der Waals surface area (Å²) in [4.78, 5) is 24.1. The molecule has 0 saturated heterocycles. The summed E-state index contributed by atoms with van der Waals surface area (Å²) in [5, 5.41) is 2.52. The van der Waals surface area contributed by atoms with E-state index in [9.17, 15) is 18.0 Å².